The minimum atomic E-state index is -0.139. The number of nitrogens with one attached hydrogen (secondary N) is 1. The Kier molecular flexibility index (Phi) is 3.33. The predicted molar refractivity (Wildman–Crippen MR) is 80.2 cm³/mol. The van der Waals surface area contributed by atoms with E-state index in [4.69, 9.17) is 4.98 Å². The summed E-state index contributed by atoms with van der Waals surface area (Å²) in [7, 11) is 0. The zero-order valence-corrected chi connectivity index (χ0v) is 12.1. The molecule has 3 rings (SSSR count). The number of phenols is 1. The molecule has 1 aromatic heterocycles. The molecule has 1 amide bonds. The van der Waals surface area contributed by atoms with Crippen LogP contribution in [-0.4, -0.2) is 21.0 Å². The number of fused-ring (bicyclic) bond motifs is 3. The van der Waals surface area contributed by atoms with Crippen LogP contribution in [0.15, 0.2) is 18.2 Å². The smallest absolute Gasteiger partial charge is 0.222 e. The topological polar surface area (TPSA) is 75.1 Å². The van der Waals surface area contributed by atoms with Gasteiger partial charge in [-0.05, 0) is 43.0 Å². The molecule has 1 heterocycles. The molecule has 1 aromatic carbocycles. The highest BCUT2D eigenvalue weighted by Gasteiger charge is 2.21. The number of hydrogen-bond acceptors (Lipinski definition) is 4. The normalized spacial score (nSPS) is 12.5. The summed E-state index contributed by atoms with van der Waals surface area (Å²) in [5, 5.41) is 12.4. The van der Waals surface area contributed by atoms with Gasteiger partial charge in [-0.3, -0.25) is 4.79 Å². The molecule has 0 spiro atoms. The number of aromatic hydroxyl groups is 1. The molecule has 5 heteroatoms. The average Bonchev–Trinajstić information content (AvgIpc) is 2.45. The number of phenolic OH excluding ortho intramolecular Hbond substituents is 1. The zero-order valence-electron chi connectivity index (χ0n) is 12.1. The second kappa shape index (κ2) is 5.16. The van der Waals surface area contributed by atoms with Crippen LogP contribution in [-0.2, 0) is 24.1 Å². The number of hydrogen-bond donors (Lipinski definition) is 2. The van der Waals surface area contributed by atoms with Gasteiger partial charge in [0.05, 0.1) is 17.1 Å². The first-order chi connectivity index (χ1) is 10.1. The third kappa shape index (κ3) is 2.46. The summed E-state index contributed by atoms with van der Waals surface area (Å²) in [5.41, 5.74) is 4.65. The van der Waals surface area contributed by atoms with Crippen molar-refractivity contribution in [1.82, 2.24) is 9.97 Å². The number of nitrogens with zero attached hydrogens (tertiary/aromatic N) is 2. The van der Waals surface area contributed by atoms with Crippen molar-refractivity contribution in [2.45, 2.75) is 33.1 Å². The van der Waals surface area contributed by atoms with Gasteiger partial charge in [0.1, 0.15) is 5.75 Å². The maximum atomic E-state index is 11.3. The summed E-state index contributed by atoms with van der Waals surface area (Å²) in [6, 6.07) is 5.34. The number of carbonyl (C=O) groups excluding carboxylic acids is 1. The van der Waals surface area contributed by atoms with Crippen LogP contribution >= 0.6 is 0 Å². The second-order valence-corrected chi connectivity index (χ2v) is 5.19. The molecular formula is C16H17N3O2. The van der Waals surface area contributed by atoms with Gasteiger partial charge >= 0.3 is 0 Å². The van der Waals surface area contributed by atoms with E-state index in [1.165, 1.54) is 6.92 Å². The molecule has 1 aliphatic carbocycles. The van der Waals surface area contributed by atoms with E-state index >= 15 is 0 Å². The Morgan fingerprint density at radius 1 is 1.33 bits per heavy atom. The van der Waals surface area contributed by atoms with E-state index in [-0.39, 0.29) is 11.7 Å². The first-order valence-electron chi connectivity index (χ1n) is 7.08. The number of benzene rings is 1. The lowest BCUT2D eigenvalue weighted by Gasteiger charge is -2.20. The number of aryl methyl sites for hydroxylation is 3. The quantitative estimate of drug-likeness (QED) is 0.887. The van der Waals surface area contributed by atoms with Crippen LogP contribution in [0.2, 0.25) is 0 Å². The van der Waals surface area contributed by atoms with Gasteiger partial charge in [0.25, 0.3) is 0 Å². The lowest BCUT2D eigenvalue weighted by molar-refractivity contribution is -0.114. The average molecular weight is 283 g/mol. The fourth-order valence-corrected chi connectivity index (χ4v) is 2.68. The number of rotatable bonds is 2. The summed E-state index contributed by atoms with van der Waals surface area (Å²) in [4.78, 5) is 20.6. The molecular weight excluding hydrogens is 266 g/mol. The molecule has 0 aliphatic heterocycles. The van der Waals surface area contributed by atoms with Crippen molar-refractivity contribution in [2.75, 3.05) is 5.32 Å². The lowest BCUT2D eigenvalue weighted by atomic mass is 9.91. The highest BCUT2D eigenvalue weighted by molar-refractivity contribution is 5.88. The van der Waals surface area contributed by atoms with Gasteiger partial charge in [-0.1, -0.05) is 6.92 Å². The molecule has 0 atom stereocenters. The Morgan fingerprint density at radius 2 is 2.14 bits per heavy atom. The van der Waals surface area contributed by atoms with E-state index in [0.29, 0.717) is 12.2 Å². The zero-order chi connectivity index (χ0) is 15.0. The van der Waals surface area contributed by atoms with Crippen molar-refractivity contribution in [3.05, 3.63) is 35.2 Å². The fourth-order valence-electron chi connectivity index (χ4n) is 2.68. The van der Waals surface area contributed by atoms with Crippen molar-refractivity contribution in [1.29, 1.82) is 0 Å². The first-order valence-corrected chi connectivity index (χ1v) is 7.08. The molecule has 1 aliphatic rings. The monoisotopic (exact) mass is 283 g/mol. The summed E-state index contributed by atoms with van der Waals surface area (Å²) in [6.45, 7) is 3.46. The Morgan fingerprint density at radius 3 is 2.86 bits per heavy atom. The van der Waals surface area contributed by atoms with Crippen molar-refractivity contribution in [2.24, 2.45) is 0 Å². The summed E-state index contributed by atoms with van der Waals surface area (Å²) < 4.78 is 0. The molecule has 0 unspecified atom stereocenters. The molecule has 0 saturated heterocycles. The maximum Gasteiger partial charge on any atom is 0.222 e. The maximum absolute atomic E-state index is 11.3. The van der Waals surface area contributed by atoms with Crippen molar-refractivity contribution < 1.29 is 9.90 Å². The summed E-state index contributed by atoms with van der Waals surface area (Å²) >= 11 is 0. The second-order valence-electron chi connectivity index (χ2n) is 5.19. The number of aromatic nitrogens is 2. The van der Waals surface area contributed by atoms with Crippen LogP contribution in [0, 0.1) is 0 Å². The van der Waals surface area contributed by atoms with Crippen molar-refractivity contribution in [3.63, 3.8) is 0 Å². The minimum absolute atomic E-state index is 0.139. The highest BCUT2D eigenvalue weighted by atomic mass is 16.3. The van der Waals surface area contributed by atoms with Crippen LogP contribution < -0.4 is 5.32 Å². The van der Waals surface area contributed by atoms with Crippen LogP contribution in [0.4, 0.5) is 5.82 Å². The van der Waals surface area contributed by atoms with Crippen molar-refractivity contribution >= 4 is 11.7 Å². The Labute approximate surface area is 123 Å². The summed E-state index contributed by atoms with van der Waals surface area (Å²) in [5.74, 6) is 0.696. The molecule has 108 valence electrons. The van der Waals surface area contributed by atoms with E-state index in [9.17, 15) is 9.90 Å². The molecule has 0 bridgehead atoms. The van der Waals surface area contributed by atoms with E-state index in [0.717, 1.165) is 41.1 Å². The van der Waals surface area contributed by atoms with E-state index in [1.807, 2.05) is 13.0 Å². The molecule has 2 N–H and O–H groups in total. The lowest BCUT2D eigenvalue weighted by Crippen LogP contribution is -2.16. The number of carbonyl (C=O) groups is 1. The number of anilines is 1. The van der Waals surface area contributed by atoms with Gasteiger partial charge in [-0.25, -0.2) is 9.97 Å². The van der Waals surface area contributed by atoms with Crippen LogP contribution in [0.5, 0.6) is 5.75 Å². The molecule has 5 nitrogen and oxygen atoms in total. The van der Waals surface area contributed by atoms with Gasteiger partial charge in [-0.2, -0.15) is 0 Å². The highest BCUT2D eigenvalue weighted by Crippen LogP contribution is 2.34. The third-order valence-electron chi connectivity index (χ3n) is 3.64. The van der Waals surface area contributed by atoms with E-state index < -0.39 is 0 Å². The van der Waals surface area contributed by atoms with E-state index in [1.54, 1.807) is 12.1 Å². The van der Waals surface area contributed by atoms with Crippen LogP contribution in [0.3, 0.4) is 0 Å². The van der Waals surface area contributed by atoms with Gasteiger partial charge in [0, 0.05) is 12.5 Å². The minimum Gasteiger partial charge on any atom is -0.508 e. The van der Waals surface area contributed by atoms with Crippen LogP contribution in [0.1, 0.15) is 30.8 Å². The van der Waals surface area contributed by atoms with Gasteiger partial charge in [-0.15, -0.1) is 0 Å². The largest absolute Gasteiger partial charge is 0.508 e. The molecule has 0 fully saturated rings. The molecule has 0 saturated carbocycles. The SMILES string of the molecule is CCc1nc2c(nc1NC(C)=O)CCc1cc(O)ccc1-2. The van der Waals surface area contributed by atoms with Gasteiger partial charge in [0.2, 0.25) is 5.91 Å². The van der Waals surface area contributed by atoms with Gasteiger partial charge < -0.3 is 10.4 Å². The van der Waals surface area contributed by atoms with Gasteiger partial charge in [0.15, 0.2) is 5.82 Å². The Balaban J connectivity index is 2.14. The van der Waals surface area contributed by atoms with Crippen molar-refractivity contribution in [3.8, 4) is 17.0 Å². The molecule has 21 heavy (non-hydrogen) atoms. The predicted octanol–water partition coefficient (Wildman–Crippen LogP) is 2.47. The Bertz CT molecular complexity index is 726. The third-order valence-corrected chi connectivity index (χ3v) is 3.64. The molecule has 0 radical (unpaired) electrons. The first kappa shape index (κ1) is 13.5. The standard InChI is InChI=1S/C16H17N3O2/c1-3-13-16(17-9(2)20)19-14-7-4-10-8-11(21)5-6-12(10)15(14)18-13/h5-6,8,21H,3-4,7H2,1-2H3,(H,17,19,20). The fraction of sp³-hybridized carbons (Fsp3) is 0.312. The summed E-state index contributed by atoms with van der Waals surface area (Å²) in [6.07, 6.45) is 2.27. The number of amides is 1. The van der Waals surface area contributed by atoms with Crippen LogP contribution in [0.25, 0.3) is 11.3 Å². The molecule has 2 aromatic rings. The van der Waals surface area contributed by atoms with E-state index in [2.05, 4.69) is 10.3 Å². The Hall–Kier alpha value is -2.43.